The third kappa shape index (κ3) is 3.27. The molecule has 0 aliphatic heterocycles. The summed E-state index contributed by atoms with van der Waals surface area (Å²) in [6.07, 6.45) is 0.756. The van der Waals surface area contributed by atoms with Crippen molar-refractivity contribution in [1.29, 1.82) is 0 Å². The molecule has 0 radical (unpaired) electrons. The molecule has 0 spiro atoms. The fourth-order valence-corrected chi connectivity index (χ4v) is 1.52. The topological polar surface area (TPSA) is 63.3 Å². The van der Waals surface area contributed by atoms with E-state index in [1.54, 1.807) is 12.1 Å². The number of phenols is 1. The summed E-state index contributed by atoms with van der Waals surface area (Å²) >= 11 is 0. The van der Waals surface area contributed by atoms with Crippen LogP contribution in [0.4, 0.5) is 0 Å². The Morgan fingerprint density at radius 1 is 1.40 bits per heavy atom. The van der Waals surface area contributed by atoms with Crippen LogP contribution in [0.1, 0.15) is 36.7 Å². The zero-order valence-electron chi connectivity index (χ0n) is 9.37. The molecule has 0 unspecified atom stereocenters. The lowest BCUT2D eigenvalue weighted by molar-refractivity contribution is 0.0998. The second kappa shape index (κ2) is 3.93. The van der Waals surface area contributed by atoms with Crippen molar-refractivity contribution in [2.75, 3.05) is 0 Å². The van der Waals surface area contributed by atoms with Crippen LogP contribution in [0.5, 0.6) is 5.75 Å². The molecule has 0 bridgehead atoms. The van der Waals surface area contributed by atoms with Crippen molar-refractivity contribution in [1.82, 2.24) is 0 Å². The normalized spacial score (nSPS) is 11.4. The van der Waals surface area contributed by atoms with E-state index in [1.807, 2.05) is 0 Å². The number of phenolic OH excluding ortho intramolecular Hbond substituents is 1. The smallest absolute Gasteiger partial charge is 0.249 e. The number of rotatable bonds is 2. The standard InChI is InChI=1S/C12H17NO2/c1-12(2,3)7-8-4-5-9(14)6-10(8)11(13)15/h4-6,14H,7H2,1-3H3,(H2,13,15). The summed E-state index contributed by atoms with van der Waals surface area (Å²) in [5.41, 5.74) is 6.63. The molecule has 1 amide bonds. The van der Waals surface area contributed by atoms with Gasteiger partial charge in [-0.1, -0.05) is 26.8 Å². The lowest BCUT2D eigenvalue weighted by Gasteiger charge is -2.19. The van der Waals surface area contributed by atoms with Gasteiger partial charge in [-0.2, -0.15) is 0 Å². The first-order valence-electron chi connectivity index (χ1n) is 4.91. The molecule has 1 rings (SSSR count). The van der Waals surface area contributed by atoms with Crippen LogP contribution in [0.3, 0.4) is 0 Å². The SMILES string of the molecule is CC(C)(C)Cc1ccc(O)cc1C(N)=O. The number of hydrogen-bond acceptors (Lipinski definition) is 2. The molecule has 82 valence electrons. The summed E-state index contributed by atoms with van der Waals surface area (Å²) in [6, 6.07) is 4.75. The minimum atomic E-state index is -0.495. The summed E-state index contributed by atoms with van der Waals surface area (Å²) in [6.45, 7) is 6.26. The predicted molar refractivity (Wildman–Crippen MR) is 59.8 cm³/mol. The highest BCUT2D eigenvalue weighted by molar-refractivity contribution is 5.94. The highest BCUT2D eigenvalue weighted by Crippen LogP contribution is 2.25. The third-order valence-corrected chi connectivity index (χ3v) is 2.08. The fourth-order valence-electron chi connectivity index (χ4n) is 1.52. The monoisotopic (exact) mass is 207 g/mol. The van der Waals surface area contributed by atoms with Crippen LogP contribution in [-0.4, -0.2) is 11.0 Å². The summed E-state index contributed by atoms with van der Waals surface area (Å²) in [5, 5.41) is 9.28. The van der Waals surface area contributed by atoms with Gasteiger partial charge in [0, 0.05) is 5.56 Å². The average Bonchev–Trinajstić information content (AvgIpc) is 2.05. The van der Waals surface area contributed by atoms with Gasteiger partial charge in [0.15, 0.2) is 0 Å². The molecule has 0 saturated carbocycles. The molecular formula is C12H17NO2. The minimum Gasteiger partial charge on any atom is -0.508 e. The first-order chi connectivity index (χ1) is 6.79. The minimum absolute atomic E-state index is 0.0708. The van der Waals surface area contributed by atoms with Crippen LogP contribution in [0.25, 0.3) is 0 Å². The molecule has 1 aromatic carbocycles. The van der Waals surface area contributed by atoms with Gasteiger partial charge >= 0.3 is 0 Å². The molecule has 0 fully saturated rings. The van der Waals surface area contributed by atoms with Gasteiger partial charge in [0.1, 0.15) is 5.75 Å². The Labute approximate surface area is 89.9 Å². The Morgan fingerprint density at radius 2 is 2.00 bits per heavy atom. The number of aromatic hydroxyl groups is 1. The summed E-state index contributed by atoms with van der Waals surface area (Å²) in [4.78, 5) is 11.2. The van der Waals surface area contributed by atoms with E-state index in [2.05, 4.69) is 20.8 Å². The van der Waals surface area contributed by atoms with Gasteiger partial charge in [-0.3, -0.25) is 4.79 Å². The van der Waals surface area contributed by atoms with Crippen LogP contribution < -0.4 is 5.73 Å². The van der Waals surface area contributed by atoms with Crippen molar-refractivity contribution in [2.45, 2.75) is 27.2 Å². The summed E-state index contributed by atoms with van der Waals surface area (Å²) in [7, 11) is 0. The molecule has 15 heavy (non-hydrogen) atoms. The van der Waals surface area contributed by atoms with Crippen molar-refractivity contribution in [3.05, 3.63) is 29.3 Å². The van der Waals surface area contributed by atoms with Crippen molar-refractivity contribution < 1.29 is 9.90 Å². The molecule has 0 aliphatic rings. The van der Waals surface area contributed by atoms with E-state index in [1.165, 1.54) is 6.07 Å². The van der Waals surface area contributed by atoms with Gasteiger partial charge in [-0.25, -0.2) is 0 Å². The van der Waals surface area contributed by atoms with E-state index in [4.69, 9.17) is 5.73 Å². The zero-order valence-corrected chi connectivity index (χ0v) is 9.37. The number of nitrogens with two attached hydrogens (primary N) is 1. The molecule has 0 atom stereocenters. The lowest BCUT2D eigenvalue weighted by atomic mass is 9.86. The number of amides is 1. The van der Waals surface area contributed by atoms with E-state index in [-0.39, 0.29) is 11.2 Å². The average molecular weight is 207 g/mol. The van der Waals surface area contributed by atoms with E-state index >= 15 is 0 Å². The maximum atomic E-state index is 11.2. The van der Waals surface area contributed by atoms with Crippen molar-refractivity contribution in [2.24, 2.45) is 11.1 Å². The van der Waals surface area contributed by atoms with Crippen LogP contribution in [0.15, 0.2) is 18.2 Å². The molecule has 0 aromatic heterocycles. The second-order valence-corrected chi connectivity index (χ2v) is 4.94. The Bertz CT molecular complexity index is 378. The maximum absolute atomic E-state index is 11.2. The molecule has 3 nitrogen and oxygen atoms in total. The Hall–Kier alpha value is -1.51. The molecule has 0 saturated heterocycles. The Kier molecular flexibility index (Phi) is 3.03. The zero-order chi connectivity index (χ0) is 11.6. The van der Waals surface area contributed by atoms with Gasteiger partial charge in [0.05, 0.1) is 0 Å². The van der Waals surface area contributed by atoms with Crippen molar-refractivity contribution in [3.8, 4) is 5.75 Å². The van der Waals surface area contributed by atoms with Gasteiger partial charge in [0.25, 0.3) is 0 Å². The molecule has 3 N–H and O–H groups in total. The van der Waals surface area contributed by atoms with Crippen LogP contribution in [0, 0.1) is 5.41 Å². The molecule has 0 aliphatic carbocycles. The van der Waals surface area contributed by atoms with E-state index in [9.17, 15) is 9.90 Å². The van der Waals surface area contributed by atoms with E-state index < -0.39 is 5.91 Å². The first-order valence-corrected chi connectivity index (χ1v) is 4.91. The molecular weight excluding hydrogens is 190 g/mol. The van der Waals surface area contributed by atoms with E-state index in [0.29, 0.717) is 5.56 Å². The number of benzene rings is 1. The van der Waals surface area contributed by atoms with Crippen molar-refractivity contribution in [3.63, 3.8) is 0 Å². The van der Waals surface area contributed by atoms with Gasteiger partial charge in [0.2, 0.25) is 5.91 Å². The molecule has 3 heteroatoms. The van der Waals surface area contributed by atoms with Crippen LogP contribution in [-0.2, 0) is 6.42 Å². The van der Waals surface area contributed by atoms with Gasteiger partial charge < -0.3 is 10.8 Å². The predicted octanol–water partition coefficient (Wildman–Crippen LogP) is 2.08. The number of primary amides is 1. The van der Waals surface area contributed by atoms with E-state index in [0.717, 1.165) is 12.0 Å². The Morgan fingerprint density at radius 3 is 2.47 bits per heavy atom. The molecule has 1 aromatic rings. The van der Waals surface area contributed by atoms with Crippen LogP contribution >= 0.6 is 0 Å². The quantitative estimate of drug-likeness (QED) is 0.779. The fraction of sp³-hybridized carbons (Fsp3) is 0.417. The molecule has 0 heterocycles. The van der Waals surface area contributed by atoms with Gasteiger partial charge in [-0.15, -0.1) is 0 Å². The second-order valence-electron chi connectivity index (χ2n) is 4.94. The summed E-state index contributed by atoms with van der Waals surface area (Å²) in [5.74, 6) is -0.424. The highest BCUT2D eigenvalue weighted by atomic mass is 16.3. The highest BCUT2D eigenvalue weighted by Gasteiger charge is 2.16. The number of carbonyl (C=O) groups is 1. The summed E-state index contributed by atoms with van der Waals surface area (Å²) < 4.78 is 0. The lowest BCUT2D eigenvalue weighted by Crippen LogP contribution is -2.17. The van der Waals surface area contributed by atoms with Gasteiger partial charge in [-0.05, 0) is 29.5 Å². The van der Waals surface area contributed by atoms with Crippen LogP contribution in [0.2, 0.25) is 0 Å². The largest absolute Gasteiger partial charge is 0.508 e. The van der Waals surface area contributed by atoms with Crippen molar-refractivity contribution >= 4 is 5.91 Å². The number of hydrogen-bond donors (Lipinski definition) is 2. The number of carbonyl (C=O) groups excluding carboxylic acids is 1. The Balaban J connectivity index is 3.12. The first kappa shape index (κ1) is 11.6. The third-order valence-electron chi connectivity index (χ3n) is 2.08. The maximum Gasteiger partial charge on any atom is 0.249 e.